The first-order valence-corrected chi connectivity index (χ1v) is 14.0. The Bertz CT molecular complexity index is 1090. The number of carbonyl (C=O) groups is 1. The molecule has 0 saturated carbocycles. The molecule has 2 fully saturated rings. The number of hydrogen-bond donors (Lipinski definition) is 1. The quantitative estimate of drug-likeness (QED) is 0.611. The number of amides is 1. The van der Waals surface area contributed by atoms with Crippen molar-refractivity contribution in [1.29, 1.82) is 0 Å². The molecule has 8 heteroatoms. The fraction of sp³-hybridized carbons (Fsp3) is 0.500. The van der Waals surface area contributed by atoms with Gasteiger partial charge in [-0.25, -0.2) is 8.42 Å². The Morgan fingerprint density at radius 3 is 2.35 bits per heavy atom. The normalized spacial score (nSPS) is 22.9. The van der Waals surface area contributed by atoms with E-state index in [-0.39, 0.29) is 29.3 Å². The summed E-state index contributed by atoms with van der Waals surface area (Å²) in [6, 6.07) is 14.5. The summed E-state index contributed by atoms with van der Waals surface area (Å²) in [6.45, 7) is 7.05. The molecule has 1 amide bonds. The molecular weight excluding hydrogens is 470 g/mol. The molecule has 4 rings (SSSR count). The molecule has 34 heavy (non-hydrogen) atoms. The zero-order valence-corrected chi connectivity index (χ0v) is 21.5. The minimum absolute atomic E-state index is 0.0996. The number of piperidine rings is 2. The average molecular weight is 504 g/mol. The second kappa shape index (κ2) is 10.7. The first kappa shape index (κ1) is 25.0. The van der Waals surface area contributed by atoms with E-state index in [2.05, 4.69) is 41.4 Å². The molecule has 0 aromatic heterocycles. The van der Waals surface area contributed by atoms with Crippen molar-refractivity contribution in [1.82, 2.24) is 9.62 Å². The number of hydrogen-bond acceptors (Lipinski definition) is 4. The summed E-state index contributed by atoms with van der Waals surface area (Å²) < 4.78 is 27.5. The zero-order chi connectivity index (χ0) is 24.3. The molecule has 2 heterocycles. The number of carbonyl (C=O) groups excluding carboxylic acids is 1. The van der Waals surface area contributed by atoms with E-state index in [1.54, 1.807) is 12.1 Å². The van der Waals surface area contributed by atoms with Gasteiger partial charge in [0.05, 0.1) is 16.9 Å². The molecule has 2 aromatic carbocycles. The molecule has 2 aliphatic heterocycles. The van der Waals surface area contributed by atoms with Crippen molar-refractivity contribution >= 4 is 33.2 Å². The average Bonchev–Trinajstić information content (AvgIpc) is 2.84. The lowest BCUT2D eigenvalue weighted by atomic mass is 9.97. The van der Waals surface area contributed by atoms with Gasteiger partial charge in [-0.15, -0.1) is 0 Å². The molecule has 0 unspecified atom stereocenters. The van der Waals surface area contributed by atoms with Gasteiger partial charge in [-0.2, -0.15) is 4.31 Å². The van der Waals surface area contributed by atoms with Crippen molar-refractivity contribution in [2.75, 3.05) is 31.1 Å². The number of rotatable bonds is 6. The van der Waals surface area contributed by atoms with Gasteiger partial charge in [0, 0.05) is 36.9 Å². The van der Waals surface area contributed by atoms with Gasteiger partial charge in [0.15, 0.2) is 0 Å². The highest BCUT2D eigenvalue weighted by atomic mass is 35.5. The predicted molar refractivity (Wildman–Crippen MR) is 137 cm³/mol. The summed E-state index contributed by atoms with van der Waals surface area (Å²) >= 11 is 5.90. The molecule has 0 aliphatic carbocycles. The fourth-order valence-corrected chi connectivity index (χ4v) is 6.59. The molecule has 0 bridgehead atoms. The number of halogens is 1. The van der Waals surface area contributed by atoms with Crippen molar-refractivity contribution in [3.8, 4) is 0 Å². The van der Waals surface area contributed by atoms with Crippen LogP contribution in [0.2, 0.25) is 5.02 Å². The monoisotopic (exact) mass is 503 g/mol. The zero-order valence-electron chi connectivity index (χ0n) is 19.9. The lowest BCUT2D eigenvalue weighted by Gasteiger charge is -2.33. The van der Waals surface area contributed by atoms with Gasteiger partial charge in [0.25, 0.3) is 0 Å². The van der Waals surface area contributed by atoms with E-state index in [0.29, 0.717) is 30.3 Å². The Morgan fingerprint density at radius 1 is 1.00 bits per heavy atom. The van der Waals surface area contributed by atoms with Gasteiger partial charge >= 0.3 is 0 Å². The van der Waals surface area contributed by atoms with E-state index in [1.165, 1.54) is 35.0 Å². The Labute approximate surface area is 208 Å². The van der Waals surface area contributed by atoms with Gasteiger partial charge in [0.1, 0.15) is 0 Å². The lowest BCUT2D eigenvalue weighted by Crippen LogP contribution is -2.45. The van der Waals surface area contributed by atoms with Crippen LogP contribution in [-0.4, -0.2) is 44.8 Å². The van der Waals surface area contributed by atoms with Crippen LogP contribution in [0.5, 0.6) is 0 Å². The SMILES string of the molecule is C[C@@H]1CCCN(c2ccc([C@@H](C)NC(=O)[C@@H]3CCCN(S(=O)(=O)c4ccc(Cl)cc4)C3)cc2)C1. The van der Waals surface area contributed by atoms with Gasteiger partial charge in [-0.3, -0.25) is 4.79 Å². The Hall–Kier alpha value is -2.09. The third-order valence-corrected chi connectivity index (χ3v) is 9.11. The summed E-state index contributed by atoms with van der Waals surface area (Å²) in [4.78, 5) is 15.7. The lowest BCUT2D eigenvalue weighted by molar-refractivity contribution is -0.126. The summed E-state index contributed by atoms with van der Waals surface area (Å²) in [5, 5.41) is 3.59. The van der Waals surface area contributed by atoms with Crippen LogP contribution in [0.1, 0.15) is 51.1 Å². The van der Waals surface area contributed by atoms with Crippen LogP contribution in [0.4, 0.5) is 5.69 Å². The van der Waals surface area contributed by atoms with E-state index in [9.17, 15) is 13.2 Å². The maximum absolute atomic E-state index is 13.0. The van der Waals surface area contributed by atoms with Gasteiger partial charge in [-0.1, -0.05) is 30.7 Å². The van der Waals surface area contributed by atoms with Crippen molar-refractivity contribution in [3.63, 3.8) is 0 Å². The number of anilines is 1. The van der Waals surface area contributed by atoms with Crippen molar-refractivity contribution in [2.24, 2.45) is 11.8 Å². The summed E-state index contributed by atoms with van der Waals surface area (Å²) in [6.07, 6.45) is 3.85. The number of sulfonamides is 1. The van der Waals surface area contributed by atoms with E-state index in [0.717, 1.165) is 18.7 Å². The topological polar surface area (TPSA) is 69.7 Å². The summed E-state index contributed by atoms with van der Waals surface area (Å²) in [5.74, 6) is 0.245. The Balaban J connectivity index is 1.36. The van der Waals surface area contributed by atoms with Crippen LogP contribution in [0.25, 0.3) is 0 Å². The van der Waals surface area contributed by atoms with Crippen LogP contribution >= 0.6 is 11.6 Å². The van der Waals surface area contributed by atoms with E-state index >= 15 is 0 Å². The van der Waals surface area contributed by atoms with E-state index in [4.69, 9.17) is 11.6 Å². The molecule has 2 aliphatic rings. The Kier molecular flexibility index (Phi) is 7.85. The Morgan fingerprint density at radius 2 is 1.68 bits per heavy atom. The molecule has 0 radical (unpaired) electrons. The smallest absolute Gasteiger partial charge is 0.243 e. The van der Waals surface area contributed by atoms with Gasteiger partial charge in [-0.05, 0) is 80.5 Å². The maximum atomic E-state index is 13.0. The van der Waals surface area contributed by atoms with Crippen LogP contribution in [-0.2, 0) is 14.8 Å². The molecular formula is C26H34ClN3O3S. The number of benzene rings is 2. The third-order valence-electron chi connectivity index (χ3n) is 6.98. The van der Waals surface area contributed by atoms with Crippen LogP contribution < -0.4 is 10.2 Å². The van der Waals surface area contributed by atoms with Crippen molar-refractivity contribution in [3.05, 3.63) is 59.1 Å². The highest BCUT2D eigenvalue weighted by molar-refractivity contribution is 7.89. The largest absolute Gasteiger partial charge is 0.371 e. The highest BCUT2D eigenvalue weighted by Crippen LogP contribution is 2.27. The molecule has 2 saturated heterocycles. The highest BCUT2D eigenvalue weighted by Gasteiger charge is 2.33. The molecule has 3 atom stereocenters. The molecule has 1 N–H and O–H groups in total. The van der Waals surface area contributed by atoms with Crippen LogP contribution in [0.15, 0.2) is 53.4 Å². The standard InChI is InChI=1S/C26H34ClN3O3S/c1-19-5-3-15-29(17-19)24-11-7-21(8-12-24)20(2)28-26(31)22-6-4-16-30(18-22)34(32,33)25-13-9-23(27)10-14-25/h7-14,19-20,22H,3-6,15-18H2,1-2H3,(H,28,31)/t19-,20-,22-/m1/s1. The first-order valence-electron chi connectivity index (χ1n) is 12.1. The number of nitrogens with one attached hydrogen (secondary N) is 1. The second-order valence-corrected chi connectivity index (χ2v) is 12.0. The van der Waals surface area contributed by atoms with E-state index in [1.807, 2.05) is 6.92 Å². The first-order chi connectivity index (χ1) is 16.2. The minimum Gasteiger partial charge on any atom is -0.371 e. The summed E-state index contributed by atoms with van der Waals surface area (Å²) in [7, 11) is -3.66. The fourth-order valence-electron chi connectivity index (χ4n) is 4.94. The second-order valence-electron chi connectivity index (χ2n) is 9.67. The van der Waals surface area contributed by atoms with E-state index < -0.39 is 10.0 Å². The van der Waals surface area contributed by atoms with Crippen LogP contribution in [0, 0.1) is 11.8 Å². The van der Waals surface area contributed by atoms with Crippen LogP contribution in [0.3, 0.4) is 0 Å². The maximum Gasteiger partial charge on any atom is 0.243 e. The summed E-state index contributed by atoms with van der Waals surface area (Å²) in [5.41, 5.74) is 2.27. The van der Waals surface area contributed by atoms with Crippen molar-refractivity contribution < 1.29 is 13.2 Å². The molecule has 6 nitrogen and oxygen atoms in total. The minimum atomic E-state index is -3.66. The number of nitrogens with zero attached hydrogens (tertiary/aromatic N) is 2. The molecule has 184 valence electrons. The van der Waals surface area contributed by atoms with Gasteiger partial charge < -0.3 is 10.2 Å². The van der Waals surface area contributed by atoms with Gasteiger partial charge in [0.2, 0.25) is 15.9 Å². The predicted octanol–water partition coefficient (Wildman–Crippen LogP) is 4.85. The van der Waals surface area contributed by atoms with Crippen molar-refractivity contribution in [2.45, 2.75) is 50.5 Å². The molecule has 2 aromatic rings. The molecule has 0 spiro atoms. The third kappa shape index (κ3) is 5.75.